The summed E-state index contributed by atoms with van der Waals surface area (Å²) in [5, 5.41) is 5.62. The Balaban J connectivity index is 2.56. The number of hydrogen-bond acceptors (Lipinski definition) is 3. The van der Waals surface area contributed by atoms with Crippen molar-refractivity contribution < 1.29 is 4.74 Å². The minimum atomic E-state index is 0.458. The Hall–Kier alpha value is -0.380. The van der Waals surface area contributed by atoms with Gasteiger partial charge in [-0.2, -0.15) is 0 Å². The van der Waals surface area contributed by atoms with Crippen LogP contribution in [0.25, 0.3) is 0 Å². The number of ether oxygens (including phenoxy) is 1. The van der Waals surface area contributed by atoms with E-state index in [1.54, 1.807) is 7.11 Å². The lowest BCUT2D eigenvalue weighted by Gasteiger charge is -2.19. The van der Waals surface area contributed by atoms with Gasteiger partial charge in [0.05, 0.1) is 0 Å². The van der Waals surface area contributed by atoms with Crippen LogP contribution in [0, 0.1) is 12.8 Å². The summed E-state index contributed by atoms with van der Waals surface area (Å²) in [5.41, 5.74) is 1.41. The molecule has 3 heteroatoms. The smallest absolute Gasteiger partial charge is 0.0488 e. The van der Waals surface area contributed by atoms with Crippen LogP contribution in [0.5, 0.6) is 0 Å². The van der Waals surface area contributed by atoms with Gasteiger partial charge in [0.2, 0.25) is 0 Å². The molecular formula is C12H21NOS. The maximum atomic E-state index is 5.16. The lowest BCUT2D eigenvalue weighted by atomic mass is 9.98. The molecule has 0 saturated heterocycles. The van der Waals surface area contributed by atoms with Gasteiger partial charge in [-0.25, -0.2) is 0 Å². The second-order valence-corrected chi connectivity index (χ2v) is 5.24. The monoisotopic (exact) mass is 227 g/mol. The van der Waals surface area contributed by atoms with Crippen LogP contribution in [-0.4, -0.2) is 20.8 Å². The van der Waals surface area contributed by atoms with Gasteiger partial charge in [0.15, 0.2) is 0 Å². The molecule has 0 fully saturated rings. The summed E-state index contributed by atoms with van der Waals surface area (Å²) in [5.74, 6) is 0.590. The van der Waals surface area contributed by atoms with Crippen LogP contribution in [0.2, 0.25) is 0 Å². The van der Waals surface area contributed by atoms with Crippen molar-refractivity contribution in [1.29, 1.82) is 0 Å². The number of methoxy groups -OCH3 is 1. The highest BCUT2D eigenvalue weighted by molar-refractivity contribution is 7.10. The summed E-state index contributed by atoms with van der Waals surface area (Å²) < 4.78 is 5.16. The second-order valence-electron chi connectivity index (χ2n) is 4.13. The van der Waals surface area contributed by atoms with E-state index in [0.29, 0.717) is 12.0 Å². The molecule has 0 spiro atoms. The third kappa shape index (κ3) is 3.93. The Morgan fingerprint density at radius 1 is 1.53 bits per heavy atom. The molecule has 1 heterocycles. The molecule has 15 heavy (non-hydrogen) atoms. The highest BCUT2D eigenvalue weighted by Crippen LogP contribution is 2.25. The van der Waals surface area contributed by atoms with Gasteiger partial charge < -0.3 is 10.1 Å². The van der Waals surface area contributed by atoms with Crippen molar-refractivity contribution in [3.63, 3.8) is 0 Å². The summed E-state index contributed by atoms with van der Waals surface area (Å²) in [7, 11) is 3.79. The van der Waals surface area contributed by atoms with Gasteiger partial charge in [-0.1, -0.05) is 6.92 Å². The minimum absolute atomic E-state index is 0.458. The maximum Gasteiger partial charge on any atom is 0.0488 e. The fraction of sp³-hybridized carbons (Fsp3) is 0.667. The highest BCUT2D eigenvalue weighted by Gasteiger charge is 2.14. The third-order valence-corrected chi connectivity index (χ3v) is 3.47. The van der Waals surface area contributed by atoms with Crippen LogP contribution in [0.4, 0.5) is 0 Å². The van der Waals surface area contributed by atoms with E-state index in [0.717, 1.165) is 13.0 Å². The molecule has 1 rings (SSSR count). The molecule has 2 unspecified atom stereocenters. The van der Waals surface area contributed by atoms with Crippen molar-refractivity contribution in [3.05, 3.63) is 21.9 Å². The maximum absolute atomic E-state index is 5.16. The number of aryl methyl sites for hydroxylation is 1. The van der Waals surface area contributed by atoms with E-state index >= 15 is 0 Å². The molecule has 0 saturated carbocycles. The highest BCUT2D eigenvalue weighted by atomic mass is 32.1. The summed E-state index contributed by atoms with van der Waals surface area (Å²) in [6.07, 6.45) is 1.13. The number of hydrogen-bond donors (Lipinski definition) is 1. The molecular weight excluding hydrogens is 206 g/mol. The van der Waals surface area contributed by atoms with Crippen molar-refractivity contribution in [1.82, 2.24) is 5.32 Å². The van der Waals surface area contributed by atoms with Gasteiger partial charge in [0, 0.05) is 24.6 Å². The zero-order valence-corrected chi connectivity index (χ0v) is 10.9. The van der Waals surface area contributed by atoms with Crippen LogP contribution < -0.4 is 5.32 Å². The van der Waals surface area contributed by atoms with E-state index in [1.807, 2.05) is 18.4 Å². The second kappa shape index (κ2) is 6.26. The molecule has 1 aromatic rings. The van der Waals surface area contributed by atoms with Crippen molar-refractivity contribution in [3.8, 4) is 0 Å². The van der Waals surface area contributed by atoms with Gasteiger partial charge in [-0.15, -0.1) is 11.3 Å². The zero-order valence-electron chi connectivity index (χ0n) is 10.0. The Morgan fingerprint density at radius 3 is 2.73 bits per heavy atom. The first-order valence-electron chi connectivity index (χ1n) is 5.38. The molecule has 0 aliphatic rings. The lowest BCUT2D eigenvalue weighted by Crippen LogP contribution is -2.20. The molecule has 1 aromatic heterocycles. The first kappa shape index (κ1) is 12.7. The van der Waals surface area contributed by atoms with Crippen LogP contribution in [0.3, 0.4) is 0 Å². The van der Waals surface area contributed by atoms with Crippen LogP contribution in [-0.2, 0) is 4.74 Å². The Bertz CT molecular complexity index is 285. The molecule has 1 N–H and O–H groups in total. The molecule has 2 atom stereocenters. The van der Waals surface area contributed by atoms with E-state index in [4.69, 9.17) is 4.74 Å². The summed E-state index contributed by atoms with van der Waals surface area (Å²) in [6, 6.07) is 2.73. The Kier molecular flexibility index (Phi) is 5.29. The average molecular weight is 227 g/mol. The van der Waals surface area contributed by atoms with Gasteiger partial charge >= 0.3 is 0 Å². The topological polar surface area (TPSA) is 21.3 Å². The van der Waals surface area contributed by atoms with Crippen molar-refractivity contribution in [2.75, 3.05) is 20.8 Å². The largest absolute Gasteiger partial charge is 0.384 e. The van der Waals surface area contributed by atoms with E-state index in [2.05, 4.69) is 30.6 Å². The van der Waals surface area contributed by atoms with Crippen molar-refractivity contribution >= 4 is 11.3 Å². The predicted molar refractivity (Wildman–Crippen MR) is 66.5 cm³/mol. The number of rotatable bonds is 6. The Morgan fingerprint density at radius 2 is 2.27 bits per heavy atom. The minimum Gasteiger partial charge on any atom is -0.384 e. The van der Waals surface area contributed by atoms with Crippen LogP contribution >= 0.6 is 11.3 Å². The average Bonchev–Trinajstić information content (AvgIpc) is 2.61. The van der Waals surface area contributed by atoms with E-state index in [1.165, 1.54) is 10.4 Å². The van der Waals surface area contributed by atoms with Crippen LogP contribution in [0.1, 0.15) is 29.8 Å². The van der Waals surface area contributed by atoms with E-state index < -0.39 is 0 Å². The molecule has 0 aromatic carbocycles. The molecule has 86 valence electrons. The molecule has 0 bridgehead atoms. The molecule has 2 nitrogen and oxygen atoms in total. The standard InChI is InChI=1S/C12H21NOS/c1-9(7-14-4)5-12(13-3)11-6-10(2)15-8-11/h6,8-9,12-13H,5,7H2,1-4H3. The van der Waals surface area contributed by atoms with Crippen molar-refractivity contribution in [2.24, 2.45) is 5.92 Å². The molecule has 0 aliphatic heterocycles. The first-order chi connectivity index (χ1) is 7.17. The predicted octanol–water partition coefficient (Wildman–Crippen LogP) is 2.99. The van der Waals surface area contributed by atoms with Crippen molar-refractivity contribution in [2.45, 2.75) is 26.3 Å². The number of nitrogens with one attached hydrogen (secondary N) is 1. The quantitative estimate of drug-likeness (QED) is 0.806. The number of thiophene rings is 1. The molecule has 0 amide bonds. The van der Waals surface area contributed by atoms with Gasteiger partial charge in [-0.05, 0) is 43.3 Å². The summed E-state index contributed by atoms with van der Waals surface area (Å²) in [6.45, 7) is 5.22. The first-order valence-corrected chi connectivity index (χ1v) is 6.26. The summed E-state index contributed by atoms with van der Waals surface area (Å²) in [4.78, 5) is 1.38. The molecule has 0 radical (unpaired) electrons. The Labute approximate surface area is 96.7 Å². The zero-order chi connectivity index (χ0) is 11.3. The van der Waals surface area contributed by atoms with E-state index in [9.17, 15) is 0 Å². The van der Waals surface area contributed by atoms with Gasteiger partial charge in [-0.3, -0.25) is 0 Å². The molecule has 0 aliphatic carbocycles. The van der Waals surface area contributed by atoms with E-state index in [-0.39, 0.29) is 0 Å². The van der Waals surface area contributed by atoms with Gasteiger partial charge in [0.1, 0.15) is 0 Å². The lowest BCUT2D eigenvalue weighted by molar-refractivity contribution is 0.150. The SMILES string of the molecule is CNC(CC(C)COC)c1csc(C)c1. The van der Waals surface area contributed by atoms with Gasteiger partial charge in [0.25, 0.3) is 0 Å². The summed E-state index contributed by atoms with van der Waals surface area (Å²) >= 11 is 1.82. The van der Waals surface area contributed by atoms with Crippen LogP contribution in [0.15, 0.2) is 11.4 Å². The fourth-order valence-electron chi connectivity index (χ4n) is 1.82. The third-order valence-electron chi connectivity index (χ3n) is 2.59. The fourth-order valence-corrected chi connectivity index (χ4v) is 2.58. The normalized spacial score (nSPS) is 15.2.